The molecule has 6 nitrogen and oxygen atoms in total. The Morgan fingerprint density at radius 2 is 1.84 bits per heavy atom. The number of carbonyl (C=O) groups is 2. The van der Waals surface area contributed by atoms with Crippen LogP contribution in [0.15, 0.2) is 54.7 Å². The number of amides is 2. The van der Waals surface area contributed by atoms with E-state index in [1.807, 2.05) is 62.4 Å². The third-order valence-electron chi connectivity index (χ3n) is 3.60. The Hall–Kier alpha value is -2.89. The van der Waals surface area contributed by atoms with Crippen LogP contribution in [0.4, 0.5) is 4.79 Å². The number of benzene rings is 1. The van der Waals surface area contributed by atoms with Crippen LogP contribution < -0.4 is 5.32 Å². The Morgan fingerprint density at radius 1 is 1.12 bits per heavy atom. The van der Waals surface area contributed by atoms with Gasteiger partial charge in [0.1, 0.15) is 13.2 Å². The van der Waals surface area contributed by atoms with Crippen molar-refractivity contribution >= 4 is 12.0 Å². The zero-order valence-electron chi connectivity index (χ0n) is 14.5. The van der Waals surface area contributed by atoms with Crippen molar-refractivity contribution in [2.24, 2.45) is 0 Å². The van der Waals surface area contributed by atoms with E-state index in [-0.39, 0.29) is 25.1 Å². The van der Waals surface area contributed by atoms with Gasteiger partial charge in [0, 0.05) is 12.2 Å². The van der Waals surface area contributed by atoms with Crippen molar-refractivity contribution in [1.29, 1.82) is 0 Å². The van der Waals surface area contributed by atoms with Crippen molar-refractivity contribution < 1.29 is 14.3 Å². The molecule has 0 aliphatic rings. The fourth-order valence-corrected chi connectivity index (χ4v) is 2.25. The van der Waals surface area contributed by atoms with E-state index in [0.717, 1.165) is 11.3 Å². The number of nitrogens with one attached hydrogen (secondary N) is 1. The number of hydrogen-bond donors (Lipinski definition) is 1. The molecule has 0 spiro atoms. The highest BCUT2D eigenvalue weighted by Crippen LogP contribution is 2.06. The molecule has 0 saturated carbocycles. The van der Waals surface area contributed by atoms with E-state index in [9.17, 15) is 9.59 Å². The van der Waals surface area contributed by atoms with Gasteiger partial charge in [-0.25, -0.2) is 4.79 Å². The molecule has 0 unspecified atom stereocenters. The molecule has 0 bridgehead atoms. The summed E-state index contributed by atoms with van der Waals surface area (Å²) in [6.45, 7) is 4.31. The van der Waals surface area contributed by atoms with Gasteiger partial charge in [-0.3, -0.25) is 9.78 Å². The molecular weight excluding hydrogens is 318 g/mol. The van der Waals surface area contributed by atoms with Gasteiger partial charge in [0.2, 0.25) is 5.91 Å². The van der Waals surface area contributed by atoms with Gasteiger partial charge in [0.05, 0.1) is 12.2 Å². The smallest absolute Gasteiger partial charge is 0.407 e. The predicted octanol–water partition coefficient (Wildman–Crippen LogP) is 2.75. The standard InChI is InChI=1S/C19H23N3O3/c1-15(2)22(13-17-10-6-7-11-20-17)18(23)12-21-19(24)25-14-16-8-4-3-5-9-16/h3-11,15H,12-14H2,1-2H3,(H,21,24). The second-order valence-corrected chi connectivity index (χ2v) is 5.85. The Balaban J connectivity index is 1.81. The summed E-state index contributed by atoms with van der Waals surface area (Å²) in [5.74, 6) is -0.183. The molecule has 25 heavy (non-hydrogen) atoms. The summed E-state index contributed by atoms with van der Waals surface area (Å²) in [4.78, 5) is 30.1. The van der Waals surface area contributed by atoms with E-state index in [4.69, 9.17) is 4.74 Å². The van der Waals surface area contributed by atoms with E-state index in [2.05, 4.69) is 10.3 Å². The monoisotopic (exact) mass is 341 g/mol. The Kier molecular flexibility index (Phi) is 6.95. The zero-order chi connectivity index (χ0) is 18.1. The van der Waals surface area contributed by atoms with Crippen LogP contribution in [-0.4, -0.2) is 34.5 Å². The predicted molar refractivity (Wildman–Crippen MR) is 94.6 cm³/mol. The number of pyridine rings is 1. The van der Waals surface area contributed by atoms with E-state index < -0.39 is 6.09 Å². The maximum Gasteiger partial charge on any atom is 0.407 e. The van der Waals surface area contributed by atoms with Crippen LogP contribution in [0.3, 0.4) is 0 Å². The first kappa shape index (κ1) is 18.4. The van der Waals surface area contributed by atoms with Crippen LogP contribution in [0.25, 0.3) is 0 Å². The summed E-state index contributed by atoms with van der Waals surface area (Å²) in [5, 5.41) is 2.50. The topological polar surface area (TPSA) is 71.5 Å². The quantitative estimate of drug-likeness (QED) is 0.840. The number of alkyl carbamates (subject to hydrolysis) is 1. The molecule has 1 aromatic heterocycles. The highest BCUT2D eigenvalue weighted by atomic mass is 16.5. The maximum absolute atomic E-state index is 12.4. The van der Waals surface area contributed by atoms with E-state index >= 15 is 0 Å². The van der Waals surface area contributed by atoms with Gasteiger partial charge in [-0.1, -0.05) is 36.4 Å². The molecular formula is C19H23N3O3. The molecule has 132 valence electrons. The molecule has 0 saturated heterocycles. The molecule has 0 atom stereocenters. The molecule has 0 aliphatic carbocycles. The van der Waals surface area contributed by atoms with Crippen LogP contribution >= 0.6 is 0 Å². The van der Waals surface area contributed by atoms with Gasteiger partial charge in [0.15, 0.2) is 0 Å². The van der Waals surface area contributed by atoms with Crippen molar-refractivity contribution in [3.8, 4) is 0 Å². The lowest BCUT2D eigenvalue weighted by atomic mass is 10.2. The number of carbonyl (C=O) groups excluding carboxylic acids is 2. The largest absolute Gasteiger partial charge is 0.445 e. The number of rotatable bonds is 7. The van der Waals surface area contributed by atoms with Crippen molar-refractivity contribution in [1.82, 2.24) is 15.2 Å². The van der Waals surface area contributed by atoms with Gasteiger partial charge >= 0.3 is 6.09 Å². The van der Waals surface area contributed by atoms with Crippen LogP contribution in [-0.2, 0) is 22.7 Å². The molecule has 0 aliphatic heterocycles. The number of nitrogens with zero attached hydrogens (tertiary/aromatic N) is 2. The van der Waals surface area contributed by atoms with E-state index in [1.165, 1.54) is 0 Å². The fraction of sp³-hybridized carbons (Fsp3) is 0.316. The van der Waals surface area contributed by atoms with E-state index in [0.29, 0.717) is 6.54 Å². The van der Waals surface area contributed by atoms with Gasteiger partial charge in [0.25, 0.3) is 0 Å². The highest BCUT2D eigenvalue weighted by molar-refractivity contribution is 5.82. The summed E-state index contributed by atoms with van der Waals surface area (Å²) in [5.41, 5.74) is 1.69. The SMILES string of the molecule is CC(C)N(Cc1ccccn1)C(=O)CNC(=O)OCc1ccccc1. The van der Waals surface area contributed by atoms with Gasteiger partial charge in [-0.15, -0.1) is 0 Å². The number of hydrogen-bond acceptors (Lipinski definition) is 4. The van der Waals surface area contributed by atoms with Gasteiger partial charge < -0.3 is 15.0 Å². The van der Waals surface area contributed by atoms with Crippen LogP contribution in [0, 0.1) is 0 Å². The highest BCUT2D eigenvalue weighted by Gasteiger charge is 2.18. The Morgan fingerprint density at radius 3 is 2.48 bits per heavy atom. The molecule has 1 N–H and O–H groups in total. The van der Waals surface area contributed by atoms with Crippen molar-refractivity contribution in [3.05, 3.63) is 66.0 Å². The lowest BCUT2D eigenvalue weighted by Gasteiger charge is -2.26. The summed E-state index contributed by atoms with van der Waals surface area (Å²) in [7, 11) is 0. The first-order valence-corrected chi connectivity index (χ1v) is 8.20. The van der Waals surface area contributed by atoms with Crippen LogP contribution in [0.2, 0.25) is 0 Å². The van der Waals surface area contributed by atoms with Gasteiger partial charge in [-0.05, 0) is 31.5 Å². The average molecular weight is 341 g/mol. The minimum atomic E-state index is -0.612. The molecule has 2 rings (SSSR count). The molecule has 2 aromatic rings. The summed E-state index contributed by atoms with van der Waals surface area (Å²) in [6, 6.07) is 14.9. The zero-order valence-corrected chi connectivity index (χ0v) is 14.5. The molecule has 0 fully saturated rings. The molecule has 2 amide bonds. The average Bonchev–Trinajstić information content (AvgIpc) is 2.64. The van der Waals surface area contributed by atoms with Crippen LogP contribution in [0.1, 0.15) is 25.1 Å². The normalized spacial score (nSPS) is 10.4. The van der Waals surface area contributed by atoms with Crippen molar-refractivity contribution in [2.45, 2.75) is 33.0 Å². The summed E-state index contributed by atoms with van der Waals surface area (Å²) >= 11 is 0. The Bertz CT molecular complexity index is 675. The maximum atomic E-state index is 12.4. The minimum absolute atomic E-state index is 0.00311. The second kappa shape index (κ2) is 9.42. The molecule has 1 aromatic carbocycles. The Labute approximate surface area is 147 Å². The first-order chi connectivity index (χ1) is 12.1. The summed E-state index contributed by atoms with van der Waals surface area (Å²) in [6.07, 6.45) is 1.08. The van der Waals surface area contributed by atoms with Gasteiger partial charge in [-0.2, -0.15) is 0 Å². The van der Waals surface area contributed by atoms with Crippen molar-refractivity contribution in [3.63, 3.8) is 0 Å². The van der Waals surface area contributed by atoms with Crippen molar-refractivity contribution in [2.75, 3.05) is 6.54 Å². The van der Waals surface area contributed by atoms with E-state index in [1.54, 1.807) is 11.1 Å². The summed E-state index contributed by atoms with van der Waals surface area (Å²) < 4.78 is 5.10. The second-order valence-electron chi connectivity index (χ2n) is 5.85. The third kappa shape index (κ3) is 6.25. The van der Waals surface area contributed by atoms with Crippen LogP contribution in [0.5, 0.6) is 0 Å². The lowest BCUT2D eigenvalue weighted by molar-refractivity contribution is -0.132. The third-order valence-corrected chi connectivity index (χ3v) is 3.60. The first-order valence-electron chi connectivity index (χ1n) is 8.20. The fourth-order valence-electron chi connectivity index (χ4n) is 2.25. The minimum Gasteiger partial charge on any atom is -0.445 e. The number of ether oxygens (including phenoxy) is 1. The number of aromatic nitrogens is 1. The lowest BCUT2D eigenvalue weighted by Crippen LogP contribution is -2.43. The molecule has 1 heterocycles. The molecule has 6 heteroatoms. The molecule has 0 radical (unpaired) electrons.